The summed E-state index contributed by atoms with van der Waals surface area (Å²) in [7, 11) is 0. The number of aliphatic hydroxyl groups is 1. The fourth-order valence-corrected chi connectivity index (χ4v) is 4.06. The minimum Gasteiger partial charge on any atom is -0.393 e. The first-order chi connectivity index (χ1) is 6.25. The summed E-state index contributed by atoms with van der Waals surface area (Å²) in [6.07, 6.45) is 6.05. The predicted octanol–water partition coefficient (Wildman–Crippen LogP) is 1.52. The number of carbonyl (C=O) groups is 1. The van der Waals surface area contributed by atoms with Crippen LogP contribution in [0.3, 0.4) is 0 Å². The van der Waals surface area contributed by atoms with Crippen LogP contribution in [0, 0.1) is 17.3 Å². The zero-order chi connectivity index (χ0) is 9.05. The van der Waals surface area contributed by atoms with E-state index < -0.39 is 0 Å². The van der Waals surface area contributed by atoms with Crippen molar-refractivity contribution in [1.29, 1.82) is 0 Å². The Balaban J connectivity index is 1.98. The Morgan fingerprint density at radius 1 is 1.38 bits per heavy atom. The van der Waals surface area contributed by atoms with Crippen molar-refractivity contribution in [3.05, 3.63) is 0 Å². The highest BCUT2D eigenvalue weighted by Crippen LogP contribution is 2.63. The van der Waals surface area contributed by atoms with Gasteiger partial charge in [-0.05, 0) is 31.1 Å². The van der Waals surface area contributed by atoms with E-state index in [4.69, 9.17) is 0 Å². The van der Waals surface area contributed by atoms with E-state index in [1.165, 1.54) is 12.8 Å². The lowest BCUT2D eigenvalue weighted by Crippen LogP contribution is -2.52. The smallest absolute Gasteiger partial charge is 0.140 e. The second-order valence-corrected chi connectivity index (χ2v) is 5.02. The fourth-order valence-electron chi connectivity index (χ4n) is 4.06. The minimum atomic E-state index is -0.170. The summed E-state index contributed by atoms with van der Waals surface area (Å²) in [5.41, 5.74) is -0.0301. The summed E-state index contributed by atoms with van der Waals surface area (Å²) in [5, 5.41) is 9.87. The first kappa shape index (κ1) is 7.98. The minimum absolute atomic E-state index is 0.0301. The van der Waals surface area contributed by atoms with Gasteiger partial charge in [-0.2, -0.15) is 0 Å². The van der Waals surface area contributed by atoms with Gasteiger partial charge >= 0.3 is 0 Å². The molecular weight excluding hydrogens is 164 g/mol. The molecule has 0 bridgehead atoms. The molecule has 1 spiro atoms. The molecule has 1 N–H and O–H groups in total. The molecule has 0 heterocycles. The highest BCUT2D eigenvalue weighted by atomic mass is 16.3. The standard InChI is InChI=1S/C11H16O2/c12-9-5-7-6-10(13)11(7)4-2-1-3-8(9)11/h7-9,12H,1-6H2/t7-,8+,9-,11+/m1/s1. The lowest BCUT2D eigenvalue weighted by molar-refractivity contribution is -0.151. The van der Waals surface area contributed by atoms with Crippen LogP contribution in [0.5, 0.6) is 0 Å². The van der Waals surface area contributed by atoms with Crippen molar-refractivity contribution in [3.8, 4) is 0 Å². The third kappa shape index (κ3) is 0.762. The molecule has 0 aromatic carbocycles. The van der Waals surface area contributed by atoms with Gasteiger partial charge in [0.05, 0.1) is 6.10 Å². The molecule has 3 saturated carbocycles. The van der Waals surface area contributed by atoms with E-state index in [-0.39, 0.29) is 11.5 Å². The van der Waals surface area contributed by atoms with E-state index in [2.05, 4.69) is 0 Å². The van der Waals surface area contributed by atoms with E-state index in [0.29, 0.717) is 17.6 Å². The third-order valence-corrected chi connectivity index (χ3v) is 4.69. The lowest BCUT2D eigenvalue weighted by atomic mass is 9.52. The molecule has 2 nitrogen and oxygen atoms in total. The topological polar surface area (TPSA) is 37.3 Å². The van der Waals surface area contributed by atoms with Crippen molar-refractivity contribution in [1.82, 2.24) is 0 Å². The summed E-state index contributed by atoms with van der Waals surface area (Å²) in [5.74, 6) is 1.33. The largest absolute Gasteiger partial charge is 0.393 e. The molecular formula is C11H16O2. The number of carbonyl (C=O) groups excluding carboxylic acids is 1. The lowest BCUT2D eigenvalue weighted by Gasteiger charge is -2.49. The molecule has 0 aliphatic heterocycles. The molecule has 0 saturated heterocycles. The number of aliphatic hydroxyl groups excluding tert-OH is 1. The third-order valence-electron chi connectivity index (χ3n) is 4.69. The average molecular weight is 180 g/mol. The SMILES string of the molecule is O=C1C[C@H]2C[C@@H](O)[C@@H]3CCCC[C@]123. The Kier molecular flexibility index (Phi) is 1.44. The van der Waals surface area contributed by atoms with E-state index in [0.717, 1.165) is 25.7 Å². The summed E-state index contributed by atoms with van der Waals surface area (Å²) in [6, 6.07) is 0. The molecule has 3 fully saturated rings. The van der Waals surface area contributed by atoms with Crippen LogP contribution in [0.4, 0.5) is 0 Å². The van der Waals surface area contributed by atoms with Gasteiger partial charge in [0, 0.05) is 11.8 Å². The predicted molar refractivity (Wildman–Crippen MR) is 48.1 cm³/mol. The molecule has 4 atom stereocenters. The Morgan fingerprint density at radius 3 is 2.92 bits per heavy atom. The maximum atomic E-state index is 11.7. The highest BCUT2D eigenvalue weighted by Gasteiger charge is 2.65. The van der Waals surface area contributed by atoms with Gasteiger partial charge in [-0.15, -0.1) is 0 Å². The summed E-state index contributed by atoms with van der Waals surface area (Å²) >= 11 is 0. The number of hydrogen-bond donors (Lipinski definition) is 1. The first-order valence-electron chi connectivity index (χ1n) is 5.46. The maximum absolute atomic E-state index is 11.7. The van der Waals surface area contributed by atoms with Gasteiger partial charge in [-0.1, -0.05) is 12.8 Å². The van der Waals surface area contributed by atoms with Crippen molar-refractivity contribution >= 4 is 5.78 Å². The van der Waals surface area contributed by atoms with Gasteiger partial charge in [0.1, 0.15) is 5.78 Å². The van der Waals surface area contributed by atoms with Crippen LogP contribution >= 0.6 is 0 Å². The van der Waals surface area contributed by atoms with Crippen LogP contribution in [0.25, 0.3) is 0 Å². The zero-order valence-corrected chi connectivity index (χ0v) is 7.83. The van der Waals surface area contributed by atoms with Crippen LogP contribution in [0.1, 0.15) is 38.5 Å². The van der Waals surface area contributed by atoms with Crippen LogP contribution in [0.2, 0.25) is 0 Å². The van der Waals surface area contributed by atoms with E-state index >= 15 is 0 Å². The molecule has 13 heavy (non-hydrogen) atoms. The molecule has 72 valence electrons. The van der Waals surface area contributed by atoms with E-state index in [1.807, 2.05) is 0 Å². The Hall–Kier alpha value is -0.370. The molecule has 0 radical (unpaired) electrons. The van der Waals surface area contributed by atoms with Gasteiger partial charge in [0.15, 0.2) is 0 Å². The van der Waals surface area contributed by atoms with Crippen molar-refractivity contribution in [3.63, 3.8) is 0 Å². The number of ketones is 1. The van der Waals surface area contributed by atoms with Crippen LogP contribution in [-0.4, -0.2) is 17.0 Å². The quantitative estimate of drug-likeness (QED) is 0.613. The summed E-state index contributed by atoms with van der Waals surface area (Å²) < 4.78 is 0. The number of rotatable bonds is 0. The van der Waals surface area contributed by atoms with Crippen LogP contribution < -0.4 is 0 Å². The van der Waals surface area contributed by atoms with Crippen LogP contribution in [0.15, 0.2) is 0 Å². The first-order valence-corrected chi connectivity index (χ1v) is 5.46. The summed E-state index contributed by atoms with van der Waals surface area (Å²) in [6.45, 7) is 0. The molecule has 0 unspecified atom stereocenters. The zero-order valence-electron chi connectivity index (χ0n) is 7.83. The monoisotopic (exact) mass is 180 g/mol. The fraction of sp³-hybridized carbons (Fsp3) is 0.909. The normalized spacial score (nSPS) is 53.9. The van der Waals surface area contributed by atoms with E-state index in [1.54, 1.807) is 0 Å². The summed E-state index contributed by atoms with van der Waals surface area (Å²) in [4.78, 5) is 11.7. The maximum Gasteiger partial charge on any atom is 0.140 e. The van der Waals surface area contributed by atoms with E-state index in [9.17, 15) is 9.90 Å². The van der Waals surface area contributed by atoms with Crippen molar-refractivity contribution < 1.29 is 9.90 Å². The Labute approximate surface area is 78.3 Å². The second-order valence-electron chi connectivity index (χ2n) is 5.02. The second kappa shape index (κ2) is 2.35. The van der Waals surface area contributed by atoms with Crippen molar-refractivity contribution in [2.45, 2.75) is 44.6 Å². The van der Waals surface area contributed by atoms with Gasteiger partial charge in [0.2, 0.25) is 0 Å². The molecule has 3 rings (SSSR count). The van der Waals surface area contributed by atoms with Crippen molar-refractivity contribution in [2.24, 2.45) is 17.3 Å². The van der Waals surface area contributed by atoms with Crippen LogP contribution in [-0.2, 0) is 4.79 Å². The van der Waals surface area contributed by atoms with Crippen molar-refractivity contribution in [2.75, 3.05) is 0 Å². The highest BCUT2D eigenvalue weighted by molar-refractivity contribution is 5.92. The molecule has 2 heteroatoms. The van der Waals surface area contributed by atoms with Gasteiger partial charge in [0.25, 0.3) is 0 Å². The molecule has 0 aromatic rings. The molecule has 0 aromatic heterocycles. The molecule has 0 amide bonds. The van der Waals surface area contributed by atoms with Gasteiger partial charge in [-0.3, -0.25) is 4.79 Å². The molecule has 3 aliphatic carbocycles. The number of Topliss-reactive ketones (excluding diaryl/α,β-unsaturated/α-hetero) is 1. The van der Waals surface area contributed by atoms with Gasteiger partial charge < -0.3 is 5.11 Å². The molecule has 3 aliphatic rings. The number of hydrogen-bond acceptors (Lipinski definition) is 2. The Morgan fingerprint density at radius 2 is 2.23 bits per heavy atom. The van der Waals surface area contributed by atoms with Gasteiger partial charge in [-0.25, -0.2) is 0 Å². The Bertz CT molecular complexity index is 261. The average Bonchev–Trinajstić information content (AvgIpc) is 2.38.